The molecule has 0 aliphatic heterocycles. The lowest BCUT2D eigenvalue weighted by Gasteiger charge is -2.27. The largest absolute Gasteiger partial charge is 0.492 e. The van der Waals surface area contributed by atoms with Crippen LogP contribution in [-0.4, -0.2) is 40.3 Å². The van der Waals surface area contributed by atoms with Gasteiger partial charge in [-0.05, 0) is 42.5 Å². The summed E-state index contributed by atoms with van der Waals surface area (Å²) in [6.07, 6.45) is 3.42. The van der Waals surface area contributed by atoms with Crippen LogP contribution in [0.4, 0.5) is 5.69 Å². The van der Waals surface area contributed by atoms with E-state index in [1.165, 1.54) is 10.6 Å². The number of rotatable bonds is 12. The number of hydrogen-bond donors (Lipinski definition) is 1. The molecule has 6 nitrogen and oxygen atoms in total. The Kier molecular flexibility index (Phi) is 9.17. The predicted octanol–water partition coefficient (Wildman–Crippen LogP) is 3.55. The first-order valence-corrected chi connectivity index (χ1v) is 12.2. The molecule has 30 heavy (non-hydrogen) atoms. The van der Waals surface area contributed by atoms with E-state index in [1.807, 2.05) is 62.4 Å². The number of hydrogen-bond acceptors (Lipinski definition) is 4. The second-order valence-electron chi connectivity index (χ2n) is 7.08. The molecule has 2 aromatic rings. The van der Waals surface area contributed by atoms with Gasteiger partial charge in [0.05, 0.1) is 18.5 Å². The molecule has 0 aliphatic rings. The lowest BCUT2D eigenvalue weighted by atomic mass is 10.0. The van der Waals surface area contributed by atoms with Crippen LogP contribution in [0.3, 0.4) is 0 Å². The molecule has 0 aromatic heterocycles. The Morgan fingerprint density at radius 2 is 1.63 bits per heavy atom. The minimum atomic E-state index is -3.45. The Hall–Kier alpha value is -2.54. The third kappa shape index (κ3) is 7.06. The Labute approximate surface area is 180 Å². The fourth-order valence-corrected chi connectivity index (χ4v) is 4.35. The summed E-state index contributed by atoms with van der Waals surface area (Å²) >= 11 is 0. The number of aryl methyl sites for hydroxylation is 2. The topological polar surface area (TPSA) is 75.7 Å². The van der Waals surface area contributed by atoms with Crippen LogP contribution in [0, 0.1) is 0 Å². The van der Waals surface area contributed by atoms with Crippen molar-refractivity contribution in [2.24, 2.45) is 0 Å². The van der Waals surface area contributed by atoms with E-state index in [-0.39, 0.29) is 18.9 Å². The third-order valence-corrected chi connectivity index (χ3v) is 5.98. The van der Waals surface area contributed by atoms with E-state index in [2.05, 4.69) is 5.32 Å². The number of sulfonamides is 1. The molecule has 2 rings (SSSR count). The van der Waals surface area contributed by atoms with E-state index in [0.717, 1.165) is 35.4 Å². The van der Waals surface area contributed by atoms with E-state index in [0.29, 0.717) is 19.6 Å². The number of nitrogens with one attached hydrogen (secondary N) is 1. The normalized spacial score (nSPS) is 11.2. The number of benzene rings is 2. The molecule has 0 unspecified atom stereocenters. The third-order valence-electron chi connectivity index (χ3n) is 4.82. The Morgan fingerprint density at radius 3 is 2.20 bits per heavy atom. The summed E-state index contributed by atoms with van der Waals surface area (Å²) in [5, 5.41) is 2.82. The van der Waals surface area contributed by atoms with Crippen LogP contribution in [-0.2, 0) is 27.7 Å². The zero-order valence-electron chi connectivity index (χ0n) is 18.1. The smallest absolute Gasteiger partial charge is 0.232 e. The van der Waals surface area contributed by atoms with Gasteiger partial charge in [0.15, 0.2) is 0 Å². The molecule has 1 N–H and O–H groups in total. The molecule has 0 aliphatic carbocycles. The minimum absolute atomic E-state index is 0.111. The minimum Gasteiger partial charge on any atom is -0.492 e. The van der Waals surface area contributed by atoms with Crippen LogP contribution in [0.15, 0.2) is 48.5 Å². The summed E-state index contributed by atoms with van der Waals surface area (Å²) in [5.41, 5.74) is 2.77. The monoisotopic (exact) mass is 432 g/mol. The Morgan fingerprint density at radius 1 is 1.00 bits per heavy atom. The highest BCUT2D eigenvalue weighted by atomic mass is 32.2. The summed E-state index contributed by atoms with van der Waals surface area (Å²) in [7, 11) is -3.45. The van der Waals surface area contributed by atoms with E-state index in [4.69, 9.17) is 4.74 Å². The molecule has 164 valence electrons. The van der Waals surface area contributed by atoms with Gasteiger partial charge >= 0.3 is 0 Å². The van der Waals surface area contributed by atoms with Crippen molar-refractivity contribution in [2.45, 2.75) is 39.5 Å². The van der Waals surface area contributed by atoms with Crippen LogP contribution >= 0.6 is 0 Å². The van der Waals surface area contributed by atoms with Crippen molar-refractivity contribution >= 4 is 21.6 Å². The zero-order chi connectivity index (χ0) is 22.0. The summed E-state index contributed by atoms with van der Waals surface area (Å²) in [5.74, 6) is 0.650. The number of anilines is 1. The van der Waals surface area contributed by atoms with Gasteiger partial charge in [-0.1, -0.05) is 50.2 Å². The summed E-state index contributed by atoms with van der Waals surface area (Å²) < 4.78 is 32.0. The molecule has 2 aromatic carbocycles. The van der Waals surface area contributed by atoms with Gasteiger partial charge in [-0.3, -0.25) is 9.10 Å². The molecule has 1 amide bonds. The first kappa shape index (κ1) is 23.7. The maximum Gasteiger partial charge on any atom is 0.232 e. The van der Waals surface area contributed by atoms with Crippen molar-refractivity contribution in [3.05, 3.63) is 59.7 Å². The molecule has 0 bridgehead atoms. The van der Waals surface area contributed by atoms with Gasteiger partial charge < -0.3 is 10.1 Å². The summed E-state index contributed by atoms with van der Waals surface area (Å²) in [4.78, 5) is 12.1. The average Bonchev–Trinajstić information content (AvgIpc) is 2.73. The number of amides is 1. The van der Waals surface area contributed by atoms with Crippen molar-refractivity contribution < 1.29 is 17.9 Å². The average molecular weight is 433 g/mol. The Bertz CT molecular complexity index is 892. The maximum atomic E-state index is 12.5. The molecule has 0 saturated carbocycles. The number of para-hydroxylation sites is 2. The SMILES string of the molecule is CCc1cccc(CC)c1N(CCCC(=O)NCCOc1ccccc1)S(C)(=O)=O. The molecule has 0 saturated heterocycles. The van der Waals surface area contributed by atoms with Crippen LogP contribution in [0.2, 0.25) is 0 Å². The second-order valence-corrected chi connectivity index (χ2v) is 8.99. The summed E-state index contributed by atoms with van der Waals surface area (Å²) in [6.45, 7) is 5.10. The highest BCUT2D eigenvalue weighted by molar-refractivity contribution is 7.92. The van der Waals surface area contributed by atoms with E-state index in [1.54, 1.807) is 0 Å². The fourth-order valence-electron chi connectivity index (χ4n) is 3.33. The Balaban J connectivity index is 1.89. The highest BCUT2D eigenvalue weighted by Gasteiger charge is 2.22. The lowest BCUT2D eigenvalue weighted by molar-refractivity contribution is -0.121. The first-order chi connectivity index (χ1) is 14.4. The van der Waals surface area contributed by atoms with Gasteiger partial charge in [-0.2, -0.15) is 0 Å². The van der Waals surface area contributed by atoms with Crippen molar-refractivity contribution in [3.63, 3.8) is 0 Å². The number of carbonyl (C=O) groups is 1. The lowest BCUT2D eigenvalue weighted by Crippen LogP contribution is -2.34. The van der Waals surface area contributed by atoms with Gasteiger partial charge in [-0.15, -0.1) is 0 Å². The van der Waals surface area contributed by atoms with E-state index < -0.39 is 10.0 Å². The second kappa shape index (κ2) is 11.6. The van der Waals surface area contributed by atoms with Crippen LogP contribution < -0.4 is 14.4 Å². The molecule has 0 radical (unpaired) electrons. The van der Waals surface area contributed by atoms with E-state index >= 15 is 0 Å². The van der Waals surface area contributed by atoms with Gasteiger partial charge in [0.25, 0.3) is 0 Å². The quantitative estimate of drug-likeness (QED) is 0.521. The van der Waals surface area contributed by atoms with Crippen molar-refractivity contribution in [1.29, 1.82) is 0 Å². The van der Waals surface area contributed by atoms with Crippen molar-refractivity contribution in [2.75, 3.05) is 30.3 Å². The summed E-state index contributed by atoms with van der Waals surface area (Å²) in [6, 6.07) is 15.3. The number of ether oxygens (including phenoxy) is 1. The molecular weight excluding hydrogens is 400 g/mol. The molecule has 0 atom stereocenters. The van der Waals surface area contributed by atoms with Gasteiger partial charge in [0, 0.05) is 13.0 Å². The predicted molar refractivity (Wildman–Crippen MR) is 122 cm³/mol. The standard InChI is InChI=1S/C23H32N2O4S/c1-4-19-11-9-12-20(5-2)23(19)25(30(3,27)28)17-10-15-22(26)24-16-18-29-21-13-7-6-8-14-21/h6-9,11-14H,4-5,10,15-18H2,1-3H3,(H,24,26). The van der Waals surface area contributed by atoms with Gasteiger partial charge in [0.1, 0.15) is 12.4 Å². The van der Waals surface area contributed by atoms with Crippen molar-refractivity contribution in [1.82, 2.24) is 5.32 Å². The number of carbonyl (C=O) groups excluding carboxylic acids is 1. The number of nitrogens with zero attached hydrogens (tertiary/aromatic N) is 1. The first-order valence-electron chi connectivity index (χ1n) is 10.4. The van der Waals surface area contributed by atoms with Gasteiger partial charge in [0.2, 0.25) is 15.9 Å². The highest BCUT2D eigenvalue weighted by Crippen LogP contribution is 2.29. The zero-order valence-corrected chi connectivity index (χ0v) is 18.9. The fraction of sp³-hybridized carbons (Fsp3) is 0.435. The van der Waals surface area contributed by atoms with E-state index in [9.17, 15) is 13.2 Å². The molecule has 0 spiro atoms. The van der Waals surface area contributed by atoms with Crippen LogP contribution in [0.25, 0.3) is 0 Å². The van der Waals surface area contributed by atoms with Crippen LogP contribution in [0.5, 0.6) is 5.75 Å². The van der Waals surface area contributed by atoms with Crippen LogP contribution in [0.1, 0.15) is 37.8 Å². The van der Waals surface area contributed by atoms with Gasteiger partial charge in [-0.25, -0.2) is 8.42 Å². The maximum absolute atomic E-state index is 12.5. The van der Waals surface area contributed by atoms with Crippen molar-refractivity contribution in [3.8, 4) is 5.75 Å². The molecule has 0 heterocycles. The molecule has 7 heteroatoms. The molecule has 0 fully saturated rings. The molecular formula is C23H32N2O4S.